The monoisotopic (exact) mass is 298 g/mol. The van der Waals surface area contributed by atoms with Crippen molar-refractivity contribution in [3.63, 3.8) is 0 Å². The van der Waals surface area contributed by atoms with E-state index in [1.165, 1.54) is 0 Å². The molecule has 1 aromatic heterocycles. The topological polar surface area (TPSA) is 58.3 Å². The van der Waals surface area contributed by atoms with Crippen LogP contribution in [0.4, 0.5) is 0 Å². The maximum atomic E-state index is 9.98. The van der Waals surface area contributed by atoms with Gasteiger partial charge in [0.2, 0.25) is 0 Å². The third-order valence-electron chi connectivity index (χ3n) is 3.43. The summed E-state index contributed by atoms with van der Waals surface area (Å²) in [5, 5.41) is 19.9. The molecule has 1 aliphatic rings. The summed E-state index contributed by atoms with van der Waals surface area (Å²) in [5.41, 5.74) is 1.33. The molecule has 0 radical (unpaired) electrons. The summed E-state index contributed by atoms with van der Waals surface area (Å²) >= 11 is 12.2. The van der Waals surface area contributed by atoms with Gasteiger partial charge >= 0.3 is 0 Å². The first-order valence-electron chi connectivity index (χ1n) is 5.92. The van der Waals surface area contributed by atoms with E-state index >= 15 is 0 Å². The molecule has 1 atom stereocenters. The maximum absolute atomic E-state index is 9.98. The Hall–Kier alpha value is -1.23. The molecular formula is C13H12Cl2N2O2. The number of rotatable bonds is 2. The standard InChI is InChI=1S/C13H12Cl2N2O2/c14-9-1-2-10(19)12(13(9)15)7-3-11-16-8(6-18)5-17(11)4-7/h1-2,5,7,18-19H,3-4,6H2. The van der Waals surface area contributed by atoms with Crippen molar-refractivity contribution < 1.29 is 10.2 Å². The van der Waals surface area contributed by atoms with Crippen molar-refractivity contribution in [1.29, 1.82) is 0 Å². The van der Waals surface area contributed by atoms with E-state index in [9.17, 15) is 5.11 Å². The van der Waals surface area contributed by atoms with E-state index in [4.69, 9.17) is 28.3 Å². The number of aliphatic hydroxyl groups excluding tert-OH is 1. The van der Waals surface area contributed by atoms with Crippen molar-refractivity contribution >= 4 is 23.2 Å². The Morgan fingerprint density at radius 2 is 2.16 bits per heavy atom. The average Bonchev–Trinajstić information content (AvgIpc) is 2.92. The Labute approximate surface area is 120 Å². The van der Waals surface area contributed by atoms with Crippen molar-refractivity contribution in [2.45, 2.75) is 25.5 Å². The van der Waals surface area contributed by atoms with Crippen LogP contribution < -0.4 is 0 Å². The molecule has 0 aliphatic carbocycles. The number of halogens is 2. The molecule has 0 spiro atoms. The number of imidazole rings is 1. The quantitative estimate of drug-likeness (QED) is 0.896. The molecule has 2 heterocycles. The van der Waals surface area contributed by atoms with Crippen LogP contribution in [-0.4, -0.2) is 19.8 Å². The highest BCUT2D eigenvalue weighted by atomic mass is 35.5. The molecule has 2 aromatic rings. The van der Waals surface area contributed by atoms with Gasteiger partial charge in [0.05, 0.1) is 22.3 Å². The number of hydrogen-bond donors (Lipinski definition) is 2. The van der Waals surface area contributed by atoms with Crippen molar-refractivity contribution in [1.82, 2.24) is 9.55 Å². The zero-order valence-electron chi connectivity index (χ0n) is 9.98. The SMILES string of the molecule is OCc1cn2c(n1)CC(c1c(O)ccc(Cl)c1Cl)C2. The molecule has 0 bridgehead atoms. The van der Waals surface area contributed by atoms with Crippen molar-refractivity contribution in [2.75, 3.05) is 0 Å². The van der Waals surface area contributed by atoms with E-state index in [0.717, 1.165) is 5.82 Å². The lowest BCUT2D eigenvalue weighted by molar-refractivity contribution is 0.277. The molecule has 4 nitrogen and oxygen atoms in total. The Morgan fingerprint density at radius 1 is 1.37 bits per heavy atom. The summed E-state index contributed by atoms with van der Waals surface area (Å²) in [5.74, 6) is 1.11. The minimum Gasteiger partial charge on any atom is -0.508 e. The summed E-state index contributed by atoms with van der Waals surface area (Å²) < 4.78 is 1.98. The number of aromatic hydroxyl groups is 1. The second-order valence-electron chi connectivity index (χ2n) is 4.65. The van der Waals surface area contributed by atoms with Gasteiger partial charge < -0.3 is 14.8 Å². The second-order valence-corrected chi connectivity index (χ2v) is 5.44. The molecule has 100 valence electrons. The zero-order valence-corrected chi connectivity index (χ0v) is 11.5. The molecule has 0 saturated heterocycles. The Morgan fingerprint density at radius 3 is 2.84 bits per heavy atom. The molecule has 1 unspecified atom stereocenters. The molecule has 2 N–H and O–H groups in total. The van der Waals surface area contributed by atoms with Gasteiger partial charge in [-0.3, -0.25) is 0 Å². The third-order valence-corrected chi connectivity index (χ3v) is 4.25. The van der Waals surface area contributed by atoms with Gasteiger partial charge in [-0.2, -0.15) is 0 Å². The molecule has 0 amide bonds. The van der Waals surface area contributed by atoms with Gasteiger partial charge in [-0.25, -0.2) is 4.98 Å². The van der Waals surface area contributed by atoms with Gasteiger partial charge in [-0.15, -0.1) is 0 Å². The lowest BCUT2D eigenvalue weighted by Crippen LogP contribution is -2.03. The smallest absolute Gasteiger partial charge is 0.120 e. The molecule has 1 aliphatic heterocycles. The van der Waals surface area contributed by atoms with Crippen LogP contribution in [0.5, 0.6) is 5.75 Å². The number of hydrogen-bond acceptors (Lipinski definition) is 3. The van der Waals surface area contributed by atoms with E-state index in [1.54, 1.807) is 12.1 Å². The van der Waals surface area contributed by atoms with E-state index in [2.05, 4.69) is 4.98 Å². The first-order valence-corrected chi connectivity index (χ1v) is 6.68. The highest BCUT2D eigenvalue weighted by molar-refractivity contribution is 6.42. The summed E-state index contributed by atoms with van der Waals surface area (Å²) in [6, 6.07) is 3.14. The first kappa shape index (κ1) is 12.8. The van der Waals surface area contributed by atoms with Gasteiger partial charge in [0, 0.05) is 30.6 Å². The average molecular weight is 299 g/mol. The molecule has 3 rings (SSSR count). The lowest BCUT2D eigenvalue weighted by atomic mass is 9.96. The van der Waals surface area contributed by atoms with Gasteiger partial charge in [0.15, 0.2) is 0 Å². The van der Waals surface area contributed by atoms with Crippen molar-refractivity contribution in [3.8, 4) is 5.75 Å². The highest BCUT2D eigenvalue weighted by Gasteiger charge is 2.29. The van der Waals surface area contributed by atoms with E-state index in [-0.39, 0.29) is 18.3 Å². The van der Waals surface area contributed by atoms with Gasteiger partial charge in [0.1, 0.15) is 11.6 Å². The van der Waals surface area contributed by atoms with Crippen LogP contribution >= 0.6 is 23.2 Å². The van der Waals surface area contributed by atoms with Crippen LogP contribution in [0, 0.1) is 0 Å². The van der Waals surface area contributed by atoms with E-state index in [1.807, 2.05) is 10.8 Å². The van der Waals surface area contributed by atoms with Crippen molar-refractivity contribution in [3.05, 3.63) is 45.5 Å². The fourth-order valence-electron chi connectivity index (χ4n) is 2.57. The molecular weight excluding hydrogens is 287 g/mol. The van der Waals surface area contributed by atoms with Crippen LogP contribution in [0.1, 0.15) is 23.0 Å². The number of aliphatic hydroxyl groups is 1. The van der Waals surface area contributed by atoms with Crippen LogP contribution in [0.25, 0.3) is 0 Å². The van der Waals surface area contributed by atoms with Gasteiger partial charge in [0.25, 0.3) is 0 Å². The summed E-state index contributed by atoms with van der Waals surface area (Å²) in [7, 11) is 0. The number of benzene rings is 1. The minimum absolute atomic E-state index is 0.0569. The Balaban J connectivity index is 1.95. The fraction of sp³-hybridized carbons (Fsp3) is 0.308. The predicted octanol–water partition coefficient (Wildman–Crippen LogP) is 2.73. The Bertz CT molecular complexity index is 616. The molecule has 0 saturated carbocycles. The van der Waals surface area contributed by atoms with E-state index < -0.39 is 0 Å². The summed E-state index contributed by atoms with van der Waals surface area (Å²) in [6.45, 7) is 0.615. The Kier molecular flexibility index (Phi) is 3.17. The fourth-order valence-corrected chi connectivity index (χ4v) is 3.05. The minimum atomic E-state index is -0.0617. The van der Waals surface area contributed by atoms with E-state index in [0.29, 0.717) is 34.3 Å². The molecule has 0 fully saturated rings. The first-order chi connectivity index (χ1) is 9.10. The number of aromatic nitrogens is 2. The molecule has 1 aromatic carbocycles. The third kappa shape index (κ3) is 2.10. The zero-order chi connectivity index (χ0) is 13.6. The summed E-state index contributed by atoms with van der Waals surface area (Å²) in [6.07, 6.45) is 2.50. The molecule has 19 heavy (non-hydrogen) atoms. The van der Waals surface area contributed by atoms with Crippen LogP contribution in [0.2, 0.25) is 10.0 Å². The summed E-state index contributed by atoms with van der Waals surface area (Å²) in [4.78, 5) is 4.32. The number of phenols is 1. The lowest BCUT2D eigenvalue weighted by Gasteiger charge is -2.14. The normalized spacial score (nSPS) is 17.7. The largest absolute Gasteiger partial charge is 0.508 e. The highest BCUT2D eigenvalue weighted by Crippen LogP contribution is 2.41. The van der Waals surface area contributed by atoms with Crippen LogP contribution in [0.3, 0.4) is 0 Å². The predicted molar refractivity (Wildman–Crippen MR) is 72.7 cm³/mol. The number of phenolic OH excluding ortho intramolecular Hbond substituents is 1. The number of fused-ring (bicyclic) bond motifs is 1. The maximum Gasteiger partial charge on any atom is 0.120 e. The van der Waals surface area contributed by atoms with Gasteiger partial charge in [-0.1, -0.05) is 23.2 Å². The van der Waals surface area contributed by atoms with Crippen LogP contribution in [0.15, 0.2) is 18.3 Å². The molecule has 6 heteroatoms. The second kappa shape index (κ2) is 4.71. The van der Waals surface area contributed by atoms with Crippen LogP contribution in [-0.2, 0) is 19.6 Å². The van der Waals surface area contributed by atoms with Gasteiger partial charge in [-0.05, 0) is 12.1 Å². The van der Waals surface area contributed by atoms with Crippen molar-refractivity contribution in [2.24, 2.45) is 0 Å². The number of nitrogens with zero attached hydrogens (tertiary/aromatic N) is 2.